The fraction of sp³-hybridized carbons (Fsp3) is 0.438. The van der Waals surface area contributed by atoms with Gasteiger partial charge < -0.3 is 10.1 Å². The molecule has 0 bridgehead atoms. The van der Waals surface area contributed by atoms with Gasteiger partial charge in [-0.2, -0.15) is 5.10 Å². The zero-order valence-corrected chi connectivity index (χ0v) is 12.1. The van der Waals surface area contributed by atoms with E-state index in [1.165, 1.54) is 0 Å². The van der Waals surface area contributed by atoms with Crippen LogP contribution in [0, 0.1) is 0 Å². The minimum atomic E-state index is -1.47. The summed E-state index contributed by atoms with van der Waals surface area (Å²) in [5, 5.41) is 7.57. The highest BCUT2D eigenvalue weighted by Crippen LogP contribution is 2.32. The van der Waals surface area contributed by atoms with E-state index in [-0.39, 0.29) is 6.04 Å². The van der Waals surface area contributed by atoms with Crippen molar-refractivity contribution in [3.05, 3.63) is 48.3 Å². The van der Waals surface area contributed by atoms with Gasteiger partial charge in [-0.3, -0.25) is 0 Å². The number of ether oxygens (including phenoxy) is 1. The number of aromatic nitrogens is 2. The van der Waals surface area contributed by atoms with Crippen LogP contribution < -0.4 is 5.32 Å². The topological polar surface area (TPSA) is 39.1 Å². The first kappa shape index (κ1) is 14.2. The van der Waals surface area contributed by atoms with E-state index in [0.717, 1.165) is 12.2 Å². The van der Waals surface area contributed by atoms with Gasteiger partial charge in [-0.25, -0.2) is 9.07 Å². The highest BCUT2D eigenvalue weighted by molar-refractivity contribution is 5.33. The monoisotopic (exact) mass is 289 g/mol. The van der Waals surface area contributed by atoms with Crippen LogP contribution in [0.2, 0.25) is 0 Å². The molecule has 2 heterocycles. The van der Waals surface area contributed by atoms with E-state index in [1.807, 2.05) is 30.3 Å². The maximum absolute atomic E-state index is 15.2. The van der Waals surface area contributed by atoms with Crippen LogP contribution in [-0.4, -0.2) is 35.6 Å². The summed E-state index contributed by atoms with van der Waals surface area (Å²) in [6, 6.07) is 11.4. The van der Waals surface area contributed by atoms with Gasteiger partial charge in [0, 0.05) is 25.2 Å². The van der Waals surface area contributed by atoms with E-state index in [2.05, 4.69) is 10.4 Å². The lowest BCUT2D eigenvalue weighted by atomic mass is 9.94. The highest BCUT2D eigenvalue weighted by atomic mass is 19.1. The Kier molecular flexibility index (Phi) is 4.03. The molecular formula is C16H20FN3O. The maximum atomic E-state index is 15.2. The number of benzene rings is 1. The van der Waals surface area contributed by atoms with Gasteiger partial charge in [-0.15, -0.1) is 0 Å². The third-order valence-electron chi connectivity index (χ3n) is 3.81. The van der Waals surface area contributed by atoms with Crippen molar-refractivity contribution in [1.29, 1.82) is 0 Å². The fourth-order valence-corrected chi connectivity index (χ4v) is 2.79. The lowest BCUT2D eigenvalue weighted by Crippen LogP contribution is -2.44. The molecular weight excluding hydrogens is 269 g/mol. The molecule has 1 aliphatic heterocycles. The van der Waals surface area contributed by atoms with Crippen molar-refractivity contribution >= 4 is 0 Å². The molecule has 1 saturated heterocycles. The van der Waals surface area contributed by atoms with Gasteiger partial charge in [-0.1, -0.05) is 18.2 Å². The molecule has 112 valence electrons. The third kappa shape index (κ3) is 3.14. The summed E-state index contributed by atoms with van der Waals surface area (Å²) < 4.78 is 22.3. The number of halogens is 1. The SMILES string of the molecule is CC(F)(CC1COCCN1)c1ccnn1-c1ccccc1. The number of hydrogen-bond acceptors (Lipinski definition) is 3. The molecule has 21 heavy (non-hydrogen) atoms. The summed E-state index contributed by atoms with van der Waals surface area (Å²) in [5.74, 6) is 0. The van der Waals surface area contributed by atoms with Gasteiger partial charge in [0.15, 0.2) is 5.67 Å². The molecule has 1 aromatic carbocycles. The van der Waals surface area contributed by atoms with Crippen LogP contribution in [0.3, 0.4) is 0 Å². The van der Waals surface area contributed by atoms with Gasteiger partial charge in [0.25, 0.3) is 0 Å². The molecule has 4 nitrogen and oxygen atoms in total. The van der Waals surface area contributed by atoms with Crippen LogP contribution in [-0.2, 0) is 10.4 Å². The molecule has 0 radical (unpaired) electrons. The summed E-state index contributed by atoms with van der Waals surface area (Å²) in [7, 11) is 0. The third-order valence-corrected chi connectivity index (χ3v) is 3.81. The van der Waals surface area contributed by atoms with Crippen LogP contribution >= 0.6 is 0 Å². The van der Waals surface area contributed by atoms with Crippen LogP contribution in [0.1, 0.15) is 19.0 Å². The maximum Gasteiger partial charge on any atom is 0.151 e. The van der Waals surface area contributed by atoms with Crippen LogP contribution in [0.15, 0.2) is 42.6 Å². The van der Waals surface area contributed by atoms with E-state index < -0.39 is 5.67 Å². The number of hydrogen-bond donors (Lipinski definition) is 1. The lowest BCUT2D eigenvalue weighted by molar-refractivity contribution is 0.0456. The highest BCUT2D eigenvalue weighted by Gasteiger charge is 2.34. The second-order valence-electron chi connectivity index (χ2n) is 5.59. The van der Waals surface area contributed by atoms with Crippen molar-refractivity contribution in [3.8, 4) is 5.69 Å². The number of alkyl halides is 1. The Balaban J connectivity index is 1.84. The van der Waals surface area contributed by atoms with Crippen molar-refractivity contribution in [3.63, 3.8) is 0 Å². The molecule has 2 atom stereocenters. The summed E-state index contributed by atoms with van der Waals surface area (Å²) in [4.78, 5) is 0. The number of morpholine rings is 1. The Morgan fingerprint density at radius 2 is 2.19 bits per heavy atom. The zero-order valence-electron chi connectivity index (χ0n) is 12.1. The summed E-state index contributed by atoms with van der Waals surface area (Å²) in [6.07, 6.45) is 2.01. The van der Waals surface area contributed by atoms with E-state index in [9.17, 15) is 0 Å². The van der Waals surface area contributed by atoms with Crippen LogP contribution in [0.4, 0.5) is 4.39 Å². The van der Waals surface area contributed by atoms with E-state index >= 15 is 4.39 Å². The molecule has 0 spiro atoms. The number of rotatable bonds is 4. The normalized spacial score (nSPS) is 21.9. The van der Waals surface area contributed by atoms with E-state index in [4.69, 9.17) is 4.74 Å². The molecule has 5 heteroatoms. The molecule has 0 saturated carbocycles. The molecule has 3 rings (SSSR count). The van der Waals surface area contributed by atoms with Crippen molar-refractivity contribution in [1.82, 2.24) is 15.1 Å². The standard InChI is InChI=1S/C16H20FN3O/c1-16(17,11-13-12-21-10-9-18-13)15-7-8-19-20(15)14-5-3-2-4-6-14/h2-8,13,18H,9-12H2,1H3. The Hall–Kier alpha value is -1.72. The second-order valence-corrected chi connectivity index (χ2v) is 5.59. The molecule has 0 amide bonds. The Morgan fingerprint density at radius 1 is 1.38 bits per heavy atom. The molecule has 2 unspecified atom stereocenters. The number of para-hydroxylation sites is 1. The van der Waals surface area contributed by atoms with Gasteiger partial charge >= 0.3 is 0 Å². The predicted octanol–water partition coefficient (Wildman–Crippen LogP) is 2.44. The smallest absolute Gasteiger partial charge is 0.151 e. The average Bonchev–Trinajstić information content (AvgIpc) is 2.99. The van der Waals surface area contributed by atoms with E-state index in [0.29, 0.717) is 25.3 Å². The number of nitrogens with zero attached hydrogens (tertiary/aromatic N) is 2. The van der Waals surface area contributed by atoms with Crippen molar-refractivity contribution in [2.45, 2.75) is 25.1 Å². The van der Waals surface area contributed by atoms with Crippen molar-refractivity contribution in [2.24, 2.45) is 0 Å². The summed E-state index contributed by atoms with van der Waals surface area (Å²) in [5.41, 5.74) is -0.0275. The lowest BCUT2D eigenvalue weighted by Gasteiger charge is -2.30. The quantitative estimate of drug-likeness (QED) is 0.939. The molecule has 2 aromatic rings. The molecule has 1 N–H and O–H groups in total. The average molecular weight is 289 g/mol. The summed E-state index contributed by atoms with van der Waals surface area (Å²) in [6.45, 7) is 3.64. The first-order chi connectivity index (χ1) is 10.2. The van der Waals surface area contributed by atoms with Crippen LogP contribution in [0.25, 0.3) is 5.69 Å². The second kappa shape index (κ2) is 5.95. The minimum absolute atomic E-state index is 0.0351. The van der Waals surface area contributed by atoms with Crippen molar-refractivity contribution < 1.29 is 9.13 Å². The minimum Gasteiger partial charge on any atom is -0.379 e. The summed E-state index contributed by atoms with van der Waals surface area (Å²) >= 11 is 0. The number of nitrogens with one attached hydrogen (secondary N) is 1. The van der Waals surface area contributed by atoms with Gasteiger partial charge in [0.2, 0.25) is 0 Å². The Bertz CT molecular complexity index is 576. The molecule has 1 aromatic heterocycles. The fourth-order valence-electron chi connectivity index (χ4n) is 2.79. The van der Waals surface area contributed by atoms with E-state index in [1.54, 1.807) is 23.9 Å². The first-order valence-electron chi connectivity index (χ1n) is 7.27. The van der Waals surface area contributed by atoms with Gasteiger partial charge in [0.1, 0.15) is 0 Å². The molecule has 0 aliphatic carbocycles. The largest absolute Gasteiger partial charge is 0.379 e. The van der Waals surface area contributed by atoms with Crippen molar-refractivity contribution in [2.75, 3.05) is 19.8 Å². The Labute approximate surface area is 123 Å². The van der Waals surface area contributed by atoms with Crippen LogP contribution in [0.5, 0.6) is 0 Å². The molecule has 1 aliphatic rings. The van der Waals surface area contributed by atoms with Gasteiger partial charge in [0.05, 0.1) is 24.6 Å². The Morgan fingerprint density at radius 3 is 2.90 bits per heavy atom. The van der Waals surface area contributed by atoms with Gasteiger partial charge in [-0.05, 0) is 25.1 Å². The zero-order chi connectivity index (χ0) is 14.7. The molecule has 1 fully saturated rings. The first-order valence-corrected chi connectivity index (χ1v) is 7.27. The predicted molar refractivity (Wildman–Crippen MR) is 79.3 cm³/mol.